The van der Waals surface area contributed by atoms with Crippen molar-refractivity contribution in [2.45, 2.75) is 19.4 Å². The van der Waals surface area contributed by atoms with E-state index < -0.39 is 0 Å². The highest BCUT2D eigenvalue weighted by atomic mass is 32.1. The number of aromatic nitrogens is 1. The summed E-state index contributed by atoms with van der Waals surface area (Å²) in [5.74, 6) is -0.102. The molecule has 6 heteroatoms. The second-order valence-corrected chi connectivity index (χ2v) is 7.70. The summed E-state index contributed by atoms with van der Waals surface area (Å²) in [7, 11) is 0. The molecule has 4 rings (SSSR count). The summed E-state index contributed by atoms with van der Waals surface area (Å²) in [5, 5.41) is 6.10. The predicted octanol–water partition coefficient (Wildman–Crippen LogP) is 3.40. The van der Waals surface area contributed by atoms with Crippen LogP contribution in [0.3, 0.4) is 0 Å². The molecule has 0 aliphatic carbocycles. The predicted molar refractivity (Wildman–Crippen MR) is 103 cm³/mol. The van der Waals surface area contributed by atoms with E-state index in [1.165, 1.54) is 0 Å². The van der Waals surface area contributed by atoms with Gasteiger partial charge in [-0.3, -0.25) is 9.59 Å². The van der Waals surface area contributed by atoms with E-state index in [0.29, 0.717) is 25.2 Å². The molecule has 2 N–H and O–H groups in total. The van der Waals surface area contributed by atoms with Crippen molar-refractivity contribution in [1.29, 1.82) is 0 Å². The zero-order valence-electron chi connectivity index (χ0n) is 14.4. The first-order valence-electron chi connectivity index (χ1n) is 8.87. The maximum atomic E-state index is 12.9. The molecule has 0 radical (unpaired) electrons. The van der Waals surface area contributed by atoms with Crippen LogP contribution in [0.4, 0.5) is 0 Å². The molecule has 2 amide bonds. The minimum Gasteiger partial charge on any atom is -0.361 e. The normalized spacial score (nSPS) is 17.4. The van der Waals surface area contributed by atoms with Crippen molar-refractivity contribution in [3.63, 3.8) is 0 Å². The molecule has 0 unspecified atom stereocenters. The molecule has 2 aromatic heterocycles. The Bertz CT molecular complexity index is 916. The largest absolute Gasteiger partial charge is 0.361 e. The SMILES string of the molecule is O=C(NCc1cccs1)[C@H]1CCCN(C(=O)c2ccc3cc[nH]c3c2)C1. The molecule has 1 fully saturated rings. The van der Waals surface area contributed by atoms with E-state index in [1.54, 1.807) is 11.3 Å². The van der Waals surface area contributed by atoms with Gasteiger partial charge in [0, 0.05) is 35.2 Å². The number of hydrogen-bond acceptors (Lipinski definition) is 3. The third-order valence-corrected chi connectivity index (χ3v) is 5.77. The quantitative estimate of drug-likeness (QED) is 0.742. The molecule has 0 saturated carbocycles. The Morgan fingerprint density at radius 3 is 3.04 bits per heavy atom. The number of rotatable bonds is 4. The van der Waals surface area contributed by atoms with Crippen LogP contribution in [-0.2, 0) is 11.3 Å². The molecule has 1 saturated heterocycles. The minimum absolute atomic E-state index is 0.00254. The number of H-pyrrole nitrogens is 1. The number of nitrogens with zero attached hydrogens (tertiary/aromatic N) is 1. The van der Waals surface area contributed by atoms with Crippen LogP contribution in [0.15, 0.2) is 48.0 Å². The van der Waals surface area contributed by atoms with Crippen LogP contribution in [-0.4, -0.2) is 34.8 Å². The lowest BCUT2D eigenvalue weighted by Crippen LogP contribution is -2.45. The van der Waals surface area contributed by atoms with Crippen LogP contribution < -0.4 is 5.32 Å². The van der Waals surface area contributed by atoms with Gasteiger partial charge in [-0.15, -0.1) is 11.3 Å². The highest BCUT2D eigenvalue weighted by Crippen LogP contribution is 2.21. The fraction of sp³-hybridized carbons (Fsp3) is 0.300. The number of benzene rings is 1. The molecule has 3 aromatic rings. The molecule has 1 aromatic carbocycles. The van der Waals surface area contributed by atoms with Gasteiger partial charge in [0.2, 0.25) is 5.91 Å². The van der Waals surface area contributed by atoms with Crippen LogP contribution >= 0.6 is 11.3 Å². The smallest absolute Gasteiger partial charge is 0.253 e. The lowest BCUT2D eigenvalue weighted by atomic mass is 9.96. The van der Waals surface area contributed by atoms with Crippen molar-refractivity contribution < 1.29 is 9.59 Å². The van der Waals surface area contributed by atoms with Gasteiger partial charge in [-0.05, 0) is 47.9 Å². The van der Waals surface area contributed by atoms with Gasteiger partial charge in [-0.25, -0.2) is 0 Å². The molecule has 1 atom stereocenters. The summed E-state index contributed by atoms with van der Waals surface area (Å²) in [6, 6.07) is 11.7. The Labute approximate surface area is 156 Å². The number of piperidine rings is 1. The standard InChI is InChI=1S/C20H21N3O2S/c24-19(22-12-17-4-2-10-26-17)16-3-1-9-23(13-16)20(25)15-6-5-14-7-8-21-18(14)11-15/h2,4-8,10-11,16,21H,1,3,9,12-13H2,(H,22,24)/t16-/m0/s1. The molecule has 5 nitrogen and oxygen atoms in total. The highest BCUT2D eigenvalue weighted by Gasteiger charge is 2.29. The van der Waals surface area contributed by atoms with E-state index in [9.17, 15) is 9.59 Å². The van der Waals surface area contributed by atoms with Gasteiger partial charge in [-0.2, -0.15) is 0 Å². The number of carbonyl (C=O) groups excluding carboxylic acids is 2. The molecular formula is C20H21N3O2S. The van der Waals surface area contributed by atoms with Crippen LogP contribution in [0.5, 0.6) is 0 Å². The maximum Gasteiger partial charge on any atom is 0.253 e. The summed E-state index contributed by atoms with van der Waals surface area (Å²) < 4.78 is 0. The molecule has 0 bridgehead atoms. The number of likely N-dealkylation sites (tertiary alicyclic amines) is 1. The Morgan fingerprint density at radius 1 is 1.27 bits per heavy atom. The fourth-order valence-corrected chi connectivity index (χ4v) is 4.12. The summed E-state index contributed by atoms with van der Waals surface area (Å²) in [6.07, 6.45) is 3.55. The lowest BCUT2D eigenvalue weighted by molar-refractivity contribution is -0.126. The number of carbonyl (C=O) groups is 2. The third kappa shape index (κ3) is 3.51. The summed E-state index contributed by atoms with van der Waals surface area (Å²) in [6.45, 7) is 1.75. The van der Waals surface area contributed by atoms with Crippen LogP contribution in [0.1, 0.15) is 28.1 Å². The Kier molecular flexibility index (Phi) is 4.75. The lowest BCUT2D eigenvalue weighted by Gasteiger charge is -2.32. The monoisotopic (exact) mass is 367 g/mol. The van der Waals surface area contributed by atoms with E-state index >= 15 is 0 Å². The summed E-state index contributed by atoms with van der Waals surface area (Å²) >= 11 is 1.63. The molecule has 1 aliphatic rings. The van der Waals surface area contributed by atoms with Gasteiger partial charge < -0.3 is 15.2 Å². The topological polar surface area (TPSA) is 65.2 Å². The zero-order valence-corrected chi connectivity index (χ0v) is 15.2. The number of thiophene rings is 1. The van der Waals surface area contributed by atoms with E-state index in [4.69, 9.17) is 0 Å². The van der Waals surface area contributed by atoms with Gasteiger partial charge in [-0.1, -0.05) is 12.1 Å². The Hall–Kier alpha value is -2.60. The van der Waals surface area contributed by atoms with E-state index in [-0.39, 0.29) is 17.7 Å². The molecule has 134 valence electrons. The first-order valence-corrected chi connectivity index (χ1v) is 9.75. The summed E-state index contributed by atoms with van der Waals surface area (Å²) in [5.41, 5.74) is 1.62. The number of amides is 2. The van der Waals surface area contributed by atoms with Gasteiger partial charge in [0.15, 0.2) is 0 Å². The van der Waals surface area contributed by atoms with Gasteiger partial charge in [0.25, 0.3) is 5.91 Å². The van der Waals surface area contributed by atoms with Crippen LogP contribution in [0.25, 0.3) is 10.9 Å². The number of fused-ring (bicyclic) bond motifs is 1. The van der Waals surface area contributed by atoms with Crippen molar-refractivity contribution in [3.8, 4) is 0 Å². The van der Waals surface area contributed by atoms with E-state index in [1.807, 2.05) is 52.9 Å². The molecule has 3 heterocycles. The Morgan fingerprint density at radius 2 is 2.19 bits per heavy atom. The number of nitrogens with one attached hydrogen (secondary N) is 2. The van der Waals surface area contributed by atoms with Crippen LogP contribution in [0, 0.1) is 5.92 Å². The minimum atomic E-state index is -0.137. The van der Waals surface area contributed by atoms with Gasteiger partial charge >= 0.3 is 0 Å². The molecule has 1 aliphatic heterocycles. The van der Waals surface area contributed by atoms with E-state index in [0.717, 1.165) is 28.6 Å². The molecule has 0 spiro atoms. The molecular weight excluding hydrogens is 346 g/mol. The van der Waals surface area contributed by atoms with E-state index in [2.05, 4.69) is 10.3 Å². The molecule has 26 heavy (non-hydrogen) atoms. The number of aromatic amines is 1. The van der Waals surface area contributed by atoms with Crippen molar-refractivity contribution in [3.05, 3.63) is 58.4 Å². The summed E-state index contributed by atoms with van der Waals surface area (Å²) in [4.78, 5) is 31.4. The highest BCUT2D eigenvalue weighted by molar-refractivity contribution is 7.09. The van der Waals surface area contributed by atoms with Crippen molar-refractivity contribution in [2.24, 2.45) is 5.92 Å². The fourth-order valence-electron chi connectivity index (χ4n) is 3.47. The van der Waals surface area contributed by atoms with Crippen molar-refractivity contribution in [2.75, 3.05) is 13.1 Å². The van der Waals surface area contributed by atoms with Crippen LogP contribution in [0.2, 0.25) is 0 Å². The average molecular weight is 367 g/mol. The third-order valence-electron chi connectivity index (χ3n) is 4.90. The van der Waals surface area contributed by atoms with Crippen molar-refractivity contribution in [1.82, 2.24) is 15.2 Å². The first-order chi connectivity index (χ1) is 12.7. The second kappa shape index (κ2) is 7.33. The maximum absolute atomic E-state index is 12.9. The first kappa shape index (κ1) is 16.8. The van der Waals surface area contributed by atoms with Crippen molar-refractivity contribution >= 4 is 34.1 Å². The van der Waals surface area contributed by atoms with Gasteiger partial charge in [0.05, 0.1) is 12.5 Å². The average Bonchev–Trinajstić information content (AvgIpc) is 3.36. The Balaban J connectivity index is 1.40. The second-order valence-electron chi connectivity index (χ2n) is 6.67. The zero-order chi connectivity index (χ0) is 17.9. The number of hydrogen-bond donors (Lipinski definition) is 2. The van der Waals surface area contributed by atoms with Gasteiger partial charge in [0.1, 0.15) is 0 Å².